The van der Waals surface area contributed by atoms with Gasteiger partial charge >= 0.3 is 0 Å². The van der Waals surface area contributed by atoms with Gasteiger partial charge in [-0.15, -0.1) is 0 Å². The van der Waals surface area contributed by atoms with Crippen molar-refractivity contribution in [3.05, 3.63) is 0 Å². The zero-order valence-electron chi connectivity index (χ0n) is 37.8. The second kappa shape index (κ2) is 49.8. The number of unbranched alkanes of at least 4 members (excludes halogenated alkanes) is 44. The van der Waals surface area contributed by atoms with Crippen LogP contribution in [0.15, 0.2) is 0 Å². The highest BCUT2D eigenvalue weighted by Crippen LogP contribution is 2.18. The molecule has 0 atom stereocenters. The van der Waals surface area contributed by atoms with E-state index in [1.54, 1.807) is 0 Å². The first-order chi connectivity index (χ1) is 27.2. The van der Waals surface area contributed by atoms with Crippen LogP contribution in [0.1, 0.15) is 322 Å². The van der Waals surface area contributed by atoms with E-state index in [2.05, 4.69) is 6.92 Å². The molecule has 2 nitrogen and oxygen atoms in total. The van der Waals surface area contributed by atoms with Gasteiger partial charge in [0.1, 0.15) is 5.78 Å². The second-order valence-electron chi connectivity index (χ2n) is 18.1. The molecule has 0 spiro atoms. The van der Waals surface area contributed by atoms with Crippen molar-refractivity contribution in [2.24, 2.45) is 0 Å². The first kappa shape index (κ1) is 54.6. The van der Waals surface area contributed by atoms with Crippen LogP contribution in [0.4, 0.5) is 0 Å². The lowest BCUT2D eigenvalue weighted by Gasteiger charge is -2.05. The summed E-state index contributed by atoms with van der Waals surface area (Å²) in [5.74, 6) is 0.525. The van der Waals surface area contributed by atoms with Gasteiger partial charge in [0.05, 0.1) is 0 Å². The molecule has 0 rings (SSSR count). The van der Waals surface area contributed by atoms with E-state index in [0.717, 1.165) is 38.5 Å². The summed E-state index contributed by atoms with van der Waals surface area (Å²) < 4.78 is 0. The van der Waals surface area contributed by atoms with Crippen LogP contribution in [-0.2, 0) is 9.59 Å². The number of rotatable bonds is 50. The normalized spacial score (nSPS) is 11.5. The summed E-state index contributed by atoms with van der Waals surface area (Å²) in [6.45, 7) is 2.30. The number of hydrogen-bond donors (Lipinski definition) is 0. The molecule has 0 saturated heterocycles. The average molecular weight is 794 g/mol. The molecule has 0 radical (unpaired) electrons. The van der Waals surface area contributed by atoms with Gasteiger partial charge in [0, 0.05) is 19.3 Å². The Bertz CT molecular complexity index is 735. The van der Waals surface area contributed by atoms with Gasteiger partial charge < -0.3 is 0 Å². The maximum atomic E-state index is 12.3. The van der Waals surface area contributed by atoms with Crippen LogP contribution in [0.3, 0.4) is 0 Å². The fourth-order valence-corrected chi connectivity index (χ4v) is 8.66. The topological polar surface area (TPSA) is 34.1 Å². The third-order valence-corrected chi connectivity index (χ3v) is 12.6. The maximum absolute atomic E-state index is 12.3. The van der Waals surface area contributed by atoms with Gasteiger partial charge in [0.25, 0.3) is 0 Å². The standard InChI is InChI=1S/C52H101ClO2/c1-2-3-4-5-6-7-8-9-10-11-12-13-15-18-21-24-27-30-33-36-39-42-45-48-51(54)49-46-43-40-37-34-31-28-25-22-19-16-14-17-20-23-26-29-32-35-38-41-44-47-50-52(53)55/h2-50H2,1H3. The SMILES string of the molecule is CCCCCCCCCCCCCCCCCCCCCCCCCC(=O)CCCCCCCCCCCCCCCCCCCCCCCCCC(=O)Cl. The molecule has 0 unspecified atom stereocenters. The molecular formula is C52H101ClO2. The van der Waals surface area contributed by atoms with Crippen LogP contribution in [0.2, 0.25) is 0 Å². The number of carbonyl (C=O) groups is 2. The monoisotopic (exact) mass is 793 g/mol. The van der Waals surface area contributed by atoms with Gasteiger partial charge in [-0.05, 0) is 30.9 Å². The van der Waals surface area contributed by atoms with Gasteiger partial charge in [0.15, 0.2) is 0 Å². The Morgan fingerprint density at radius 3 is 0.545 bits per heavy atom. The summed E-state index contributed by atoms with van der Waals surface area (Å²) in [5.41, 5.74) is 0. The van der Waals surface area contributed by atoms with E-state index in [4.69, 9.17) is 11.6 Å². The minimum atomic E-state index is -0.181. The molecule has 0 aliphatic rings. The summed E-state index contributed by atoms with van der Waals surface area (Å²) in [4.78, 5) is 23.0. The molecule has 3 heteroatoms. The number of ketones is 1. The summed E-state index contributed by atoms with van der Waals surface area (Å²) in [7, 11) is 0. The van der Waals surface area contributed by atoms with Gasteiger partial charge in [0.2, 0.25) is 5.24 Å². The Balaban J connectivity index is 3.15. The molecule has 0 aromatic carbocycles. The molecule has 0 aromatic rings. The molecule has 0 amide bonds. The molecule has 0 aliphatic carbocycles. The molecule has 0 bridgehead atoms. The summed E-state index contributed by atoms with van der Waals surface area (Å²) >= 11 is 5.38. The van der Waals surface area contributed by atoms with Crippen molar-refractivity contribution in [1.29, 1.82) is 0 Å². The van der Waals surface area contributed by atoms with Gasteiger partial charge in [-0.1, -0.05) is 283 Å². The second-order valence-corrected chi connectivity index (χ2v) is 18.5. The van der Waals surface area contributed by atoms with E-state index in [9.17, 15) is 9.59 Å². The quantitative estimate of drug-likeness (QED) is 0.0454. The molecule has 0 aliphatic heterocycles. The lowest BCUT2D eigenvalue weighted by Crippen LogP contribution is -1.97. The lowest BCUT2D eigenvalue weighted by molar-refractivity contribution is -0.119. The van der Waals surface area contributed by atoms with Crippen LogP contribution in [0, 0.1) is 0 Å². The van der Waals surface area contributed by atoms with Crippen molar-refractivity contribution in [3.8, 4) is 0 Å². The van der Waals surface area contributed by atoms with Crippen LogP contribution in [0.25, 0.3) is 0 Å². The van der Waals surface area contributed by atoms with Crippen molar-refractivity contribution >= 4 is 22.6 Å². The van der Waals surface area contributed by atoms with E-state index in [-0.39, 0.29) is 5.24 Å². The maximum Gasteiger partial charge on any atom is 0.221 e. The smallest absolute Gasteiger partial charge is 0.221 e. The molecule has 0 aromatic heterocycles. The predicted molar refractivity (Wildman–Crippen MR) is 248 cm³/mol. The first-order valence-electron chi connectivity index (χ1n) is 25.9. The minimum absolute atomic E-state index is 0.181. The molecule has 55 heavy (non-hydrogen) atoms. The zero-order chi connectivity index (χ0) is 39.8. The Labute approximate surface area is 352 Å². The van der Waals surface area contributed by atoms with Crippen LogP contribution >= 0.6 is 11.6 Å². The largest absolute Gasteiger partial charge is 0.300 e. The van der Waals surface area contributed by atoms with E-state index in [1.807, 2.05) is 0 Å². The number of Topliss-reactive ketones (excluding diaryl/α,β-unsaturated/α-hetero) is 1. The minimum Gasteiger partial charge on any atom is -0.300 e. The fourth-order valence-electron chi connectivity index (χ4n) is 8.53. The third kappa shape index (κ3) is 51.6. The van der Waals surface area contributed by atoms with E-state index in [0.29, 0.717) is 12.2 Å². The molecule has 0 saturated carbocycles. The van der Waals surface area contributed by atoms with E-state index < -0.39 is 0 Å². The summed E-state index contributed by atoms with van der Waals surface area (Å²) in [5, 5.41) is -0.181. The van der Waals surface area contributed by atoms with Gasteiger partial charge in [-0.2, -0.15) is 0 Å². The van der Waals surface area contributed by atoms with Gasteiger partial charge in [-0.25, -0.2) is 0 Å². The Kier molecular flexibility index (Phi) is 49.4. The number of halogens is 1. The highest BCUT2D eigenvalue weighted by atomic mass is 35.5. The van der Waals surface area contributed by atoms with Gasteiger partial charge in [-0.3, -0.25) is 9.59 Å². The average Bonchev–Trinajstić information content (AvgIpc) is 3.18. The Morgan fingerprint density at radius 1 is 0.236 bits per heavy atom. The highest BCUT2D eigenvalue weighted by Gasteiger charge is 2.03. The molecule has 0 fully saturated rings. The highest BCUT2D eigenvalue weighted by molar-refractivity contribution is 6.63. The van der Waals surface area contributed by atoms with E-state index >= 15 is 0 Å². The van der Waals surface area contributed by atoms with Crippen molar-refractivity contribution in [2.45, 2.75) is 322 Å². The molecule has 0 heterocycles. The number of hydrogen-bond acceptors (Lipinski definition) is 2. The predicted octanol–water partition coefficient (Wildman–Crippen LogP) is 19.5. The van der Waals surface area contributed by atoms with Crippen molar-refractivity contribution in [3.63, 3.8) is 0 Å². The molecule has 328 valence electrons. The lowest BCUT2D eigenvalue weighted by atomic mass is 10.0. The van der Waals surface area contributed by atoms with E-state index in [1.165, 1.54) is 270 Å². The first-order valence-corrected chi connectivity index (χ1v) is 26.2. The fraction of sp³-hybridized carbons (Fsp3) is 0.962. The Morgan fingerprint density at radius 2 is 0.382 bits per heavy atom. The molecule has 0 N–H and O–H groups in total. The van der Waals surface area contributed by atoms with Crippen molar-refractivity contribution in [2.75, 3.05) is 0 Å². The van der Waals surface area contributed by atoms with Crippen molar-refractivity contribution in [1.82, 2.24) is 0 Å². The van der Waals surface area contributed by atoms with Crippen LogP contribution in [0.5, 0.6) is 0 Å². The summed E-state index contributed by atoms with van der Waals surface area (Å²) in [6, 6.07) is 0. The molecular weight excluding hydrogens is 692 g/mol. The van der Waals surface area contributed by atoms with Crippen molar-refractivity contribution < 1.29 is 9.59 Å². The van der Waals surface area contributed by atoms with Crippen LogP contribution in [-0.4, -0.2) is 11.0 Å². The number of carbonyl (C=O) groups excluding carboxylic acids is 2. The zero-order valence-corrected chi connectivity index (χ0v) is 38.6. The van der Waals surface area contributed by atoms with Crippen LogP contribution < -0.4 is 0 Å². The third-order valence-electron chi connectivity index (χ3n) is 12.4. The Hall–Kier alpha value is -0.370. The summed E-state index contributed by atoms with van der Waals surface area (Å²) in [6.07, 6.45) is 65.9.